The molecule has 4 bridgehead atoms. The van der Waals surface area contributed by atoms with E-state index in [2.05, 4.69) is 97.9 Å². The van der Waals surface area contributed by atoms with E-state index in [-0.39, 0.29) is 73.6 Å². The first-order valence-corrected chi connectivity index (χ1v) is 23.8. The normalized spacial score (nSPS) is 24.1. The van der Waals surface area contributed by atoms with E-state index in [0.29, 0.717) is 38.7 Å². The molecular formula is C53H84BN4NaO12. The molecule has 2 aromatic rings. The molecule has 2 saturated carbocycles. The van der Waals surface area contributed by atoms with Gasteiger partial charge in [-0.1, -0.05) is 47.4 Å². The summed E-state index contributed by atoms with van der Waals surface area (Å²) >= 11 is 0. The van der Waals surface area contributed by atoms with Gasteiger partial charge in [-0.05, 0) is 144 Å². The molecule has 0 amide bonds. The predicted molar refractivity (Wildman–Crippen MR) is 273 cm³/mol. The first kappa shape index (κ1) is 65.0. The second-order valence-corrected chi connectivity index (χ2v) is 19.2. The van der Waals surface area contributed by atoms with Gasteiger partial charge < -0.3 is 39.0 Å². The summed E-state index contributed by atoms with van der Waals surface area (Å²) in [6.07, 6.45) is 10.6. The van der Waals surface area contributed by atoms with E-state index < -0.39 is 23.9 Å². The molecule has 2 saturated heterocycles. The first-order valence-electron chi connectivity index (χ1n) is 23.8. The smallest absolute Gasteiger partial charge is 0.702 e. The summed E-state index contributed by atoms with van der Waals surface area (Å²) in [6, 6.07) is 15.0. The Morgan fingerprint density at radius 2 is 1.25 bits per heavy atom. The van der Waals surface area contributed by atoms with E-state index >= 15 is 0 Å². The van der Waals surface area contributed by atoms with Gasteiger partial charge in [-0.15, -0.1) is 0 Å². The van der Waals surface area contributed by atoms with Crippen molar-refractivity contribution in [3.05, 3.63) is 71.0 Å². The molecule has 8 rings (SSSR count). The monoisotopic (exact) mass is 1000 g/mol. The van der Waals surface area contributed by atoms with Gasteiger partial charge in [0, 0.05) is 68.9 Å². The minimum absolute atomic E-state index is 0. The van der Waals surface area contributed by atoms with Crippen LogP contribution in [-0.2, 0) is 61.7 Å². The number of allylic oxidation sites excluding steroid dienone is 1. The van der Waals surface area contributed by atoms with Gasteiger partial charge >= 0.3 is 35.5 Å². The summed E-state index contributed by atoms with van der Waals surface area (Å²) in [6.45, 7) is 18.8. The van der Waals surface area contributed by atoms with Crippen molar-refractivity contribution in [3.8, 4) is 11.5 Å². The number of carboxylic acids is 2. The van der Waals surface area contributed by atoms with Gasteiger partial charge in [0.05, 0.1) is 27.4 Å². The number of aldehydes is 1. The standard InChI is InChI=1S/C21H30N2O3.C19H28N2O.C5H8O2.C4H6BO4.C2H4O2.2CH4.Na/c1-21-8-9-23(12-14-4-5-14)18(20(21)22(2)13-19(24)25)10-15-6-7-16(26-3)11-17(15)21;1-19-8-9-21(12-13-4-5-13)17(18(19)20-2)10-14-6-7-15(22-3)11-16(14)19;1-3-7-5(2)4-6;1-3(6)8-5-9-4(2)7;1-2(3)4;;;/h6-7,11,14,18,20H,4-5,8-10,12-13H2,1-3H3,(H,24,25);6-7,11,13,17-18,20H,4-5,8-10,12H2,1-3H3;4H,2-3H2,1H3;1-2H3;1H3,(H,3,4);2*1H4;/q;;;-1;;;;+1/t18?,20-,21-;17?,18-,19-;;;;;;/m11....../s1. The molecule has 3 N–H and O–H groups in total. The van der Waals surface area contributed by atoms with E-state index in [1.165, 1.54) is 94.3 Å². The molecule has 2 aliphatic heterocycles. The van der Waals surface area contributed by atoms with Crippen LogP contribution in [0.3, 0.4) is 0 Å². The number of aliphatic carboxylic acids is 2. The summed E-state index contributed by atoms with van der Waals surface area (Å²) < 4.78 is 23.9. The minimum atomic E-state index is -0.833. The molecule has 6 aliphatic rings. The third-order valence-corrected chi connectivity index (χ3v) is 14.0. The van der Waals surface area contributed by atoms with Crippen LogP contribution in [-0.4, -0.2) is 155 Å². The predicted octanol–water partition coefficient (Wildman–Crippen LogP) is 3.71. The number of methoxy groups -OCH3 is 2. The van der Waals surface area contributed by atoms with Gasteiger partial charge in [-0.3, -0.25) is 38.7 Å². The van der Waals surface area contributed by atoms with Crippen molar-refractivity contribution >= 4 is 37.8 Å². The summed E-state index contributed by atoms with van der Waals surface area (Å²) in [5.74, 6) is 1.28. The number of likely N-dealkylation sites (N-methyl/N-ethyl adjacent to an activating group) is 2. The maximum atomic E-state index is 11.4. The van der Waals surface area contributed by atoms with Crippen molar-refractivity contribution in [2.75, 3.05) is 67.6 Å². The fraction of sp³-hybridized carbons (Fsp3) is 0.642. The average Bonchev–Trinajstić information content (AvgIpc) is 4.23. The van der Waals surface area contributed by atoms with E-state index in [0.717, 1.165) is 49.6 Å². The Kier molecular flexibility index (Phi) is 27.7. The third kappa shape index (κ3) is 18.5. The topological polar surface area (TPSA) is 194 Å². The number of carboxylic acid groups (broad SMARTS) is 2. The van der Waals surface area contributed by atoms with Gasteiger partial charge in [0.2, 0.25) is 0 Å². The van der Waals surface area contributed by atoms with Crippen LogP contribution in [0.1, 0.15) is 117 Å². The zero-order valence-electron chi connectivity index (χ0n) is 43.0. The molecule has 2 heterocycles. The molecule has 0 spiro atoms. The van der Waals surface area contributed by atoms with Crippen molar-refractivity contribution < 1.29 is 87.3 Å². The number of benzene rings is 2. The van der Waals surface area contributed by atoms with Gasteiger partial charge in [0.15, 0.2) is 12.0 Å². The van der Waals surface area contributed by atoms with Crippen LogP contribution in [0.5, 0.6) is 11.5 Å². The van der Waals surface area contributed by atoms with Crippen molar-refractivity contribution in [1.82, 2.24) is 20.0 Å². The molecule has 16 nitrogen and oxygen atoms in total. The molecule has 392 valence electrons. The van der Waals surface area contributed by atoms with E-state index in [4.69, 9.17) is 19.4 Å². The number of ether oxygens (including phenoxy) is 3. The third-order valence-electron chi connectivity index (χ3n) is 14.0. The minimum Gasteiger partial charge on any atom is -0.702 e. The van der Waals surface area contributed by atoms with Crippen molar-refractivity contribution in [1.29, 1.82) is 0 Å². The molecule has 4 fully saturated rings. The van der Waals surface area contributed by atoms with E-state index in [1.807, 2.05) is 7.05 Å². The van der Waals surface area contributed by atoms with Crippen molar-refractivity contribution in [3.63, 3.8) is 0 Å². The zero-order chi connectivity index (χ0) is 50.3. The van der Waals surface area contributed by atoms with Crippen LogP contribution in [0.15, 0.2) is 48.7 Å². The number of hydrogen-bond donors (Lipinski definition) is 3. The molecule has 2 unspecified atom stereocenters. The number of carbonyl (C=O) groups is 5. The van der Waals surface area contributed by atoms with Crippen molar-refractivity contribution in [2.24, 2.45) is 11.8 Å². The van der Waals surface area contributed by atoms with E-state index in [1.54, 1.807) is 21.1 Å². The van der Waals surface area contributed by atoms with Crippen molar-refractivity contribution in [2.45, 2.75) is 143 Å². The van der Waals surface area contributed by atoms with Gasteiger partial charge in [-0.25, -0.2) is 0 Å². The largest absolute Gasteiger partial charge is 1.00 e. The number of rotatable bonds is 15. The molecule has 2 radical (unpaired) electrons. The van der Waals surface area contributed by atoms with Crippen LogP contribution >= 0.6 is 0 Å². The number of carbonyl (C=O) groups excluding carboxylic acids is 3. The SMILES string of the molecule is C.C.C=C(C=O)OCC.CC(=O)O.CC(=O)O[B-]OC(C)=O.CN[C@@H]1C2Cc3ccc(OC)cc3[C@@]1(C)CCN2CC1CC1.COc1ccc2c(c1)[C@@]1(C)CCN(CC3CC3)C(C2)[C@H]1N(C)CC(=O)O.[Na+]. The molecule has 2 aromatic carbocycles. The Morgan fingerprint density at radius 3 is 1.63 bits per heavy atom. The Morgan fingerprint density at radius 1 is 0.817 bits per heavy atom. The number of likely N-dealkylation sites (tertiary alicyclic amines) is 2. The Labute approximate surface area is 447 Å². The molecule has 4 aliphatic carbocycles. The van der Waals surface area contributed by atoms with Crippen LogP contribution in [0, 0.1) is 11.8 Å². The van der Waals surface area contributed by atoms with Gasteiger partial charge in [-0.2, -0.15) is 0 Å². The number of piperidine rings is 2. The Hall–Kier alpha value is -3.97. The molecule has 0 aromatic heterocycles. The first-order chi connectivity index (χ1) is 32.2. The summed E-state index contributed by atoms with van der Waals surface area (Å²) in [5.41, 5.74) is 5.97. The summed E-state index contributed by atoms with van der Waals surface area (Å²) in [7, 11) is 8.30. The quantitative estimate of drug-likeness (QED) is 0.101. The molecule has 18 heteroatoms. The summed E-state index contributed by atoms with van der Waals surface area (Å²) in [4.78, 5) is 57.5. The fourth-order valence-corrected chi connectivity index (χ4v) is 10.7. The van der Waals surface area contributed by atoms with Crippen LogP contribution in [0.25, 0.3) is 0 Å². The fourth-order valence-electron chi connectivity index (χ4n) is 10.7. The molecule has 71 heavy (non-hydrogen) atoms. The maximum absolute atomic E-state index is 11.4. The van der Waals surface area contributed by atoms with E-state index in [9.17, 15) is 24.3 Å². The Balaban J connectivity index is 0.000000505. The summed E-state index contributed by atoms with van der Waals surface area (Å²) in [5, 5.41) is 20.5. The van der Waals surface area contributed by atoms with Gasteiger partial charge in [0.25, 0.3) is 17.9 Å². The second-order valence-electron chi connectivity index (χ2n) is 19.2. The second kappa shape index (κ2) is 30.3. The number of hydrogen-bond acceptors (Lipinski definition) is 14. The number of fused-ring (bicyclic) bond motifs is 8. The molecular weight excluding hydrogens is 918 g/mol. The Bertz CT molecular complexity index is 2040. The number of nitrogens with zero attached hydrogens (tertiary/aromatic N) is 3. The van der Waals surface area contributed by atoms with Crippen LogP contribution in [0.4, 0.5) is 0 Å². The molecule has 6 atom stereocenters. The average molecular weight is 1000 g/mol. The zero-order valence-corrected chi connectivity index (χ0v) is 45.0. The van der Waals surface area contributed by atoms with Crippen LogP contribution < -0.4 is 44.3 Å². The van der Waals surface area contributed by atoms with Gasteiger partial charge in [0.1, 0.15) is 19.2 Å². The number of nitrogens with one attached hydrogen (secondary N) is 1. The maximum Gasteiger partial charge on any atom is 1.00 e. The van der Waals surface area contributed by atoms with Crippen LogP contribution in [0.2, 0.25) is 0 Å².